The van der Waals surface area contributed by atoms with Crippen LogP contribution in [0.4, 0.5) is 25.2 Å². The van der Waals surface area contributed by atoms with Gasteiger partial charge in [0.05, 0.1) is 5.39 Å². The molecule has 9 heteroatoms. The molecular weight excluding hydrogens is 515 g/mol. The summed E-state index contributed by atoms with van der Waals surface area (Å²) in [6.45, 7) is 0. The fraction of sp³-hybridized carbons (Fsp3) is 0. The van der Waals surface area contributed by atoms with Crippen LogP contribution in [0.25, 0.3) is 48.6 Å². The summed E-state index contributed by atoms with van der Waals surface area (Å²) in [5.41, 5.74) is 3.68. The van der Waals surface area contributed by atoms with Crippen LogP contribution in [0.15, 0.2) is 97.3 Å². The first-order chi connectivity index (χ1) is 16.8. The summed E-state index contributed by atoms with van der Waals surface area (Å²) in [5.74, 6) is 0. The number of benzene rings is 3. The van der Waals surface area contributed by atoms with Gasteiger partial charge in [-0.25, -0.2) is 0 Å². The van der Waals surface area contributed by atoms with Gasteiger partial charge < -0.3 is 0 Å². The number of halogens is 6. The van der Waals surface area contributed by atoms with Crippen LogP contribution < -0.4 is 4.40 Å². The molecule has 0 amide bonds. The molecule has 0 spiro atoms. The van der Waals surface area contributed by atoms with Gasteiger partial charge in [-0.2, -0.15) is 4.40 Å². The summed E-state index contributed by atoms with van der Waals surface area (Å²) in [4.78, 5) is 0. The zero-order valence-electron chi connectivity index (χ0n) is 18.5. The Hall–Kier alpha value is -3.48. The molecule has 36 heavy (non-hydrogen) atoms. The maximum atomic E-state index is 9.87. The molecule has 0 aliphatic heterocycles. The van der Waals surface area contributed by atoms with Crippen LogP contribution in [-0.2, 0) is 0 Å². The Kier molecular flexibility index (Phi) is 5.39. The van der Waals surface area contributed by atoms with E-state index in [4.69, 9.17) is 0 Å². The molecule has 3 aromatic carbocycles. The van der Waals surface area contributed by atoms with Crippen LogP contribution in [-0.4, -0.2) is 0 Å². The number of hydrogen-bond donors (Lipinski definition) is 0. The molecular formula is C27H18F6NPS. The van der Waals surface area contributed by atoms with Crippen molar-refractivity contribution in [2.45, 2.75) is 0 Å². The molecule has 0 radical (unpaired) electrons. The van der Waals surface area contributed by atoms with E-state index in [2.05, 4.69) is 114 Å². The van der Waals surface area contributed by atoms with Gasteiger partial charge >= 0.3 is 33.0 Å². The molecule has 0 aliphatic carbocycles. The second-order valence-electron chi connectivity index (χ2n) is 8.30. The van der Waals surface area contributed by atoms with E-state index in [1.807, 2.05) is 11.3 Å². The van der Waals surface area contributed by atoms with Crippen molar-refractivity contribution >= 4 is 67.8 Å². The summed E-state index contributed by atoms with van der Waals surface area (Å²) in [6.07, 6.45) is 8.72. The number of nitrogens with zero attached hydrogens (tertiary/aromatic N) is 1. The van der Waals surface area contributed by atoms with Crippen molar-refractivity contribution in [3.05, 3.63) is 108 Å². The Morgan fingerprint density at radius 3 is 1.97 bits per heavy atom. The molecule has 0 atom stereocenters. The zero-order chi connectivity index (χ0) is 25.6. The van der Waals surface area contributed by atoms with Crippen molar-refractivity contribution in [2.24, 2.45) is 0 Å². The number of hydrogen-bond acceptors (Lipinski definition) is 1. The summed E-state index contributed by atoms with van der Waals surface area (Å²) < 4.78 is 64.1. The van der Waals surface area contributed by atoms with E-state index >= 15 is 0 Å². The maximum absolute atomic E-state index is 10.7. The van der Waals surface area contributed by atoms with Gasteiger partial charge in [-0.15, -0.1) is 11.3 Å². The van der Waals surface area contributed by atoms with Crippen molar-refractivity contribution in [1.29, 1.82) is 0 Å². The average molecular weight is 533 g/mol. The molecule has 0 saturated heterocycles. The van der Waals surface area contributed by atoms with Gasteiger partial charge in [-0.3, -0.25) is 0 Å². The number of rotatable bonds is 2. The molecule has 6 rings (SSSR count). The van der Waals surface area contributed by atoms with Crippen molar-refractivity contribution in [3.8, 4) is 0 Å². The van der Waals surface area contributed by atoms with E-state index in [-0.39, 0.29) is 0 Å². The third kappa shape index (κ3) is 6.01. The van der Waals surface area contributed by atoms with Gasteiger partial charge in [0.1, 0.15) is 0 Å². The topological polar surface area (TPSA) is 4.10 Å². The second kappa shape index (κ2) is 8.02. The molecule has 3 heterocycles. The summed E-state index contributed by atoms with van der Waals surface area (Å²) in [7, 11) is -10.7. The third-order valence-corrected chi connectivity index (χ3v) is 6.65. The van der Waals surface area contributed by atoms with Gasteiger partial charge in [0.25, 0.3) is 0 Å². The number of fused-ring (bicyclic) bond motifs is 6. The van der Waals surface area contributed by atoms with E-state index in [1.165, 1.54) is 47.6 Å². The number of aromatic nitrogens is 1. The molecule has 0 fully saturated rings. The molecule has 1 nitrogen and oxygen atoms in total. The minimum atomic E-state index is -10.7. The summed E-state index contributed by atoms with van der Waals surface area (Å²) in [6, 6.07) is 30.5. The molecule has 0 bridgehead atoms. The van der Waals surface area contributed by atoms with Crippen LogP contribution in [0.1, 0.15) is 11.1 Å². The van der Waals surface area contributed by atoms with Crippen LogP contribution in [0.2, 0.25) is 0 Å². The summed E-state index contributed by atoms with van der Waals surface area (Å²) in [5, 5.41) is 5.23. The van der Waals surface area contributed by atoms with Gasteiger partial charge in [-0.1, -0.05) is 66.7 Å². The normalized spacial score (nSPS) is 14.2. The molecule has 6 aromatic rings. The van der Waals surface area contributed by atoms with Gasteiger partial charge in [-0.05, 0) is 34.0 Å². The Labute approximate surface area is 205 Å². The Morgan fingerprint density at radius 1 is 0.611 bits per heavy atom. The van der Waals surface area contributed by atoms with E-state index in [0.29, 0.717) is 0 Å². The van der Waals surface area contributed by atoms with Crippen molar-refractivity contribution in [2.75, 3.05) is 0 Å². The fourth-order valence-corrected chi connectivity index (χ4v) is 5.17. The summed E-state index contributed by atoms with van der Waals surface area (Å²) >= 11 is 1.86. The van der Waals surface area contributed by atoms with Crippen molar-refractivity contribution in [1.82, 2.24) is 0 Å². The molecule has 184 valence electrons. The van der Waals surface area contributed by atoms with Crippen LogP contribution in [0, 0.1) is 0 Å². The monoisotopic (exact) mass is 533 g/mol. The predicted octanol–water partition coefficient (Wildman–Crippen LogP) is 10.5. The Morgan fingerprint density at radius 2 is 1.22 bits per heavy atom. The second-order valence-corrected chi connectivity index (χ2v) is 11.3. The quantitative estimate of drug-likeness (QED) is 0.118. The van der Waals surface area contributed by atoms with Gasteiger partial charge in [0.2, 0.25) is 5.52 Å². The Balaban J connectivity index is 0.000000338. The average Bonchev–Trinajstić information content (AvgIpc) is 3.20. The molecule has 0 saturated carbocycles. The molecule has 0 unspecified atom stereocenters. The Bertz CT molecular complexity index is 1780. The number of pyridine rings is 2. The standard InChI is InChI=1S/C27H18NS.F6P/c1-2-6-22-17-19(11-12-21(22)5-1)9-10-20-13-15-28-16-14-26-27(24(28)18-20)23-7-3-4-8-25(23)29-26;1-7(2,3,4,5)6/h1-18H;/q+1;-1/b10-9+;. The van der Waals surface area contributed by atoms with Crippen molar-refractivity contribution in [3.63, 3.8) is 0 Å². The van der Waals surface area contributed by atoms with E-state index in [9.17, 15) is 25.2 Å². The van der Waals surface area contributed by atoms with Crippen molar-refractivity contribution < 1.29 is 29.6 Å². The first kappa shape index (κ1) is 24.2. The number of thiophene rings is 1. The fourth-order valence-electron chi connectivity index (χ4n) is 4.06. The third-order valence-electron chi connectivity index (χ3n) is 5.52. The van der Waals surface area contributed by atoms with E-state index < -0.39 is 7.81 Å². The van der Waals surface area contributed by atoms with Crippen LogP contribution in [0.5, 0.6) is 0 Å². The molecule has 0 N–H and O–H groups in total. The SMILES string of the molecule is C(=C\c1cc[n+]2ccc3sc4ccccc4c3c2c1)/c1ccc2ccccc2c1.F[P-](F)(F)(F)(F)F. The molecule has 0 aliphatic rings. The zero-order valence-corrected chi connectivity index (χ0v) is 20.2. The van der Waals surface area contributed by atoms with Gasteiger partial charge in [0.15, 0.2) is 12.4 Å². The van der Waals surface area contributed by atoms with Crippen LogP contribution >= 0.6 is 19.1 Å². The van der Waals surface area contributed by atoms with Gasteiger partial charge in [0, 0.05) is 33.0 Å². The van der Waals surface area contributed by atoms with Crippen LogP contribution in [0.3, 0.4) is 0 Å². The van der Waals surface area contributed by atoms with E-state index in [1.54, 1.807) is 0 Å². The first-order valence-electron chi connectivity index (χ1n) is 10.8. The first-order valence-corrected chi connectivity index (χ1v) is 13.6. The predicted molar refractivity (Wildman–Crippen MR) is 139 cm³/mol. The molecule has 3 aromatic heterocycles. The van der Waals surface area contributed by atoms with E-state index in [0.717, 1.165) is 0 Å². The minimum absolute atomic E-state index is 1.21.